The number of nitrogen functional groups attached to an aromatic ring is 1. The maximum atomic E-state index is 6.18. The van der Waals surface area contributed by atoms with Gasteiger partial charge in [0.15, 0.2) is 11.6 Å². The van der Waals surface area contributed by atoms with Crippen LogP contribution in [0.15, 0.2) is 60.9 Å². The predicted octanol–water partition coefficient (Wildman–Crippen LogP) is 4.31. The molecule has 7 nitrogen and oxygen atoms in total. The number of rotatable bonds is 6. The lowest BCUT2D eigenvalue weighted by atomic mass is 10.1. The Bertz CT molecular complexity index is 875. The molecule has 3 rings (SSSR count). The van der Waals surface area contributed by atoms with E-state index in [0.717, 1.165) is 17.2 Å². The molecule has 1 heterocycles. The van der Waals surface area contributed by atoms with Gasteiger partial charge in [-0.05, 0) is 57.2 Å². The molecule has 7 heteroatoms. The molecule has 0 saturated heterocycles. The molecule has 0 aliphatic rings. The number of nitrogens with zero attached hydrogens (tertiary/aromatic N) is 2. The average molecular weight is 364 g/mol. The molecular formula is C20H24N6O. The molecule has 0 atom stereocenters. The molecule has 3 aromatic rings. The van der Waals surface area contributed by atoms with Gasteiger partial charge in [0, 0.05) is 11.2 Å². The van der Waals surface area contributed by atoms with Crippen molar-refractivity contribution in [1.82, 2.24) is 15.4 Å². The van der Waals surface area contributed by atoms with E-state index < -0.39 is 0 Å². The fourth-order valence-corrected chi connectivity index (χ4v) is 2.21. The van der Waals surface area contributed by atoms with Crippen molar-refractivity contribution in [3.05, 3.63) is 60.9 Å². The summed E-state index contributed by atoms with van der Waals surface area (Å²) in [7, 11) is 0. The Morgan fingerprint density at radius 1 is 0.852 bits per heavy atom. The first kappa shape index (κ1) is 18.5. The maximum absolute atomic E-state index is 6.18. The molecule has 0 saturated carbocycles. The van der Waals surface area contributed by atoms with Gasteiger partial charge in [0.2, 0.25) is 0 Å². The zero-order chi connectivity index (χ0) is 19.3. The van der Waals surface area contributed by atoms with Crippen LogP contribution in [-0.4, -0.2) is 15.5 Å². The van der Waals surface area contributed by atoms with Gasteiger partial charge in [0.25, 0.3) is 0 Å². The van der Waals surface area contributed by atoms with E-state index in [9.17, 15) is 0 Å². The number of anilines is 4. The lowest BCUT2D eigenvalue weighted by Gasteiger charge is -2.22. The van der Waals surface area contributed by atoms with Crippen molar-refractivity contribution >= 4 is 23.0 Å². The number of para-hydroxylation sites is 1. The quantitative estimate of drug-likeness (QED) is 0.484. The lowest BCUT2D eigenvalue weighted by Crippen LogP contribution is -2.40. The molecule has 1 aromatic heterocycles. The number of ether oxygens (including phenoxy) is 1. The summed E-state index contributed by atoms with van der Waals surface area (Å²) < 4.78 is 5.79. The second kappa shape index (κ2) is 7.92. The van der Waals surface area contributed by atoms with Crippen molar-refractivity contribution in [3.63, 3.8) is 0 Å². The van der Waals surface area contributed by atoms with Gasteiger partial charge in [-0.2, -0.15) is 0 Å². The minimum absolute atomic E-state index is 0.125. The SMILES string of the molecule is CC(C)(C)NNc1ncnc(Nc2ccc(Oc3ccccc3)cc2)c1N. The van der Waals surface area contributed by atoms with Crippen LogP contribution in [-0.2, 0) is 0 Å². The van der Waals surface area contributed by atoms with Crippen molar-refractivity contribution in [3.8, 4) is 11.5 Å². The monoisotopic (exact) mass is 364 g/mol. The molecule has 0 radical (unpaired) electrons. The number of aromatic nitrogens is 2. The third-order valence-electron chi connectivity index (χ3n) is 3.54. The Hall–Kier alpha value is -3.32. The van der Waals surface area contributed by atoms with Crippen LogP contribution in [0.3, 0.4) is 0 Å². The summed E-state index contributed by atoms with van der Waals surface area (Å²) in [6.07, 6.45) is 1.46. The zero-order valence-electron chi connectivity index (χ0n) is 15.7. The van der Waals surface area contributed by atoms with Crippen molar-refractivity contribution < 1.29 is 4.74 Å². The van der Waals surface area contributed by atoms with Crippen molar-refractivity contribution in [2.45, 2.75) is 26.3 Å². The normalized spacial score (nSPS) is 11.1. The van der Waals surface area contributed by atoms with Crippen LogP contribution in [0, 0.1) is 0 Å². The Labute approximate surface area is 159 Å². The number of benzene rings is 2. The molecule has 140 valence electrons. The Morgan fingerprint density at radius 3 is 2.15 bits per heavy atom. The number of hydrogen-bond acceptors (Lipinski definition) is 7. The standard InChI is InChI=1S/C20H24N6O/c1-20(2,3)26-25-19-17(21)18(22-13-23-19)24-14-9-11-16(12-10-14)27-15-7-5-4-6-8-15/h4-13,26H,21H2,1-3H3,(H2,22,23,24,25). The summed E-state index contributed by atoms with van der Waals surface area (Å²) in [4.78, 5) is 8.40. The summed E-state index contributed by atoms with van der Waals surface area (Å²) >= 11 is 0. The summed E-state index contributed by atoms with van der Waals surface area (Å²) in [6, 6.07) is 17.2. The number of hydrogen-bond donors (Lipinski definition) is 4. The van der Waals surface area contributed by atoms with Gasteiger partial charge in [0.05, 0.1) is 0 Å². The van der Waals surface area contributed by atoms with Gasteiger partial charge in [0.1, 0.15) is 23.5 Å². The summed E-state index contributed by atoms with van der Waals surface area (Å²) in [5, 5.41) is 3.20. The summed E-state index contributed by atoms with van der Waals surface area (Å²) in [5.74, 6) is 2.59. The first-order valence-electron chi connectivity index (χ1n) is 8.64. The average Bonchev–Trinajstić information content (AvgIpc) is 2.64. The van der Waals surface area contributed by atoms with Crippen molar-refractivity contribution in [2.24, 2.45) is 0 Å². The second-order valence-electron chi connectivity index (χ2n) is 7.05. The van der Waals surface area contributed by atoms with Gasteiger partial charge in [-0.1, -0.05) is 18.2 Å². The van der Waals surface area contributed by atoms with E-state index in [-0.39, 0.29) is 5.54 Å². The smallest absolute Gasteiger partial charge is 0.169 e. The molecule has 0 aliphatic carbocycles. The van der Waals surface area contributed by atoms with Crippen LogP contribution in [0.4, 0.5) is 23.0 Å². The van der Waals surface area contributed by atoms with Crippen molar-refractivity contribution in [2.75, 3.05) is 16.5 Å². The summed E-state index contributed by atoms with van der Waals surface area (Å²) in [5.41, 5.74) is 13.5. The minimum Gasteiger partial charge on any atom is -0.457 e. The first-order valence-corrected chi connectivity index (χ1v) is 8.64. The van der Waals surface area contributed by atoms with E-state index in [1.807, 2.05) is 75.4 Å². The Kier molecular flexibility index (Phi) is 5.42. The fourth-order valence-electron chi connectivity index (χ4n) is 2.21. The van der Waals surface area contributed by atoms with Crippen molar-refractivity contribution in [1.29, 1.82) is 0 Å². The third kappa shape index (κ3) is 5.32. The fraction of sp³-hybridized carbons (Fsp3) is 0.200. The third-order valence-corrected chi connectivity index (χ3v) is 3.54. The molecule has 27 heavy (non-hydrogen) atoms. The number of nitrogens with two attached hydrogens (primary N) is 1. The lowest BCUT2D eigenvalue weighted by molar-refractivity contribution is 0.464. The van der Waals surface area contributed by atoms with E-state index >= 15 is 0 Å². The zero-order valence-corrected chi connectivity index (χ0v) is 15.7. The molecule has 2 aromatic carbocycles. The Morgan fingerprint density at radius 2 is 1.48 bits per heavy atom. The van der Waals surface area contributed by atoms with E-state index in [0.29, 0.717) is 17.3 Å². The van der Waals surface area contributed by atoms with E-state index in [4.69, 9.17) is 10.5 Å². The van der Waals surface area contributed by atoms with Crippen LogP contribution in [0.5, 0.6) is 11.5 Å². The van der Waals surface area contributed by atoms with E-state index in [2.05, 4.69) is 26.1 Å². The van der Waals surface area contributed by atoms with E-state index in [1.165, 1.54) is 6.33 Å². The van der Waals surface area contributed by atoms with Crippen LogP contribution in [0.1, 0.15) is 20.8 Å². The van der Waals surface area contributed by atoms with Crippen LogP contribution in [0.25, 0.3) is 0 Å². The molecule has 0 unspecified atom stereocenters. The number of nitrogens with one attached hydrogen (secondary N) is 3. The highest BCUT2D eigenvalue weighted by Crippen LogP contribution is 2.27. The molecule has 0 fully saturated rings. The topological polar surface area (TPSA) is 97.1 Å². The van der Waals surface area contributed by atoms with E-state index in [1.54, 1.807) is 0 Å². The highest BCUT2D eigenvalue weighted by atomic mass is 16.5. The highest BCUT2D eigenvalue weighted by molar-refractivity contribution is 5.77. The first-order chi connectivity index (χ1) is 12.9. The molecule has 0 amide bonds. The van der Waals surface area contributed by atoms with Crippen LogP contribution < -0.4 is 26.6 Å². The largest absolute Gasteiger partial charge is 0.457 e. The summed E-state index contributed by atoms with van der Waals surface area (Å²) in [6.45, 7) is 6.11. The van der Waals surface area contributed by atoms with Gasteiger partial charge < -0.3 is 21.2 Å². The highest BCUT2D eigenvalue weighted by Gasteiger charge is 2.12. The molecule has 0 aliphatic heterocycles. The molecule has 0 spiro atoms. The minimum atomic E-state index is -0.125. The Balaban J connectivity index is 1.68. The van der Waals surface area contributed by atoms with Gasteiger partial charge >= 0.3 is 0 Å². The van der Waals surface area contributed by atoms with Crippen LogP contribution in [0.2, 0.25) is 0 Å². The second-order valence-corrected chi connectivity index (χ2v) is 7.05. The molecule has 5 N–H and O–H groups in total. The van der Waals surface area contributed by atoms with Gasteiger partial charge in [-0.25, -0.2) is 15.4 Å². The predicted molar refractivity (Wildman–Crippen MR) is 109 cm³/mol. The van der Waals surface area contributed by atoms with Crippen LogP contribution >= 0.6 is 0 Å². The molecule has 0 bridgehead atoms. The molecular weight excluding hydrogens is 340 g/mol. The van der Waals surface area contributed by atoms with Gasteiger partial charge in [-0.3, -0.25) is 0 Å². The van der Waals surface area contributed by atoms with Gasteiger partial charge in [-0.15, -0.1) is 0 Å². The maximum Gasteiger partial charge on any atom is 0.169 e. The number of hydrazine groups is 1.